The Kier molecular flexibility index (Phi) is 3.37. The minimum Gasteiger partial charge on any atom is -0.338 e. The zero-order chi connectivity index (χ0) is 16.2. The molecule has 7 heteroatoms. The van der Waals surface area contributed by atoms with E-state index in [2.05, 4.69) is 10.6 Å². The fourth-order valence-electron chi connectivity index (χ4n) is 4.01. The number of sulfone groups is 1. The number of carbonyl (C=O) groups excluding carboxylic acids is 1. The van der Waals surface area contributed by atoms with Crippen LogP contribution in [0.15, 0.2) is 18.2 Å². The van der Waals surface area contributed by atoms with Crippen molar-refractivity contribution in [2.75, 3.05) is 18.1 Å². The maximum atomic E-state index is 13.2. The fourth-order valence-corrected chi connectivity index (χ4v) is 5.68. The number of hydrogen-bond acceptors (Lipinski definition) is 3. The Morgan fingerprint density at radius 2 is 2.09 bits per heavy atom. The predicted molar refractivity (Wildman–Crippen MR) is 83.4 cm³/mol. The summed E-state index contributed by atoms with van der Waals surface area (Å²) >= 11 is 0. The molecule has 3 unspecified atom stereocenters. The van der Waals surface area contributed by atoms with Gasteiger partial charge in [0.25, 0.3) is 0 Å². The Hall–Kier alpha value is -1.63. The number of carbonyl (C=O) groups is 1. The third-order valence-electron chi connectivity index (χ3n) is 5.20. The number of halogens is 1. The van der Waals surface area contributed by atoms with E-state index in [-0.39, 0.29) is 35.3 Å². The molecule has 1 aromatic rings. The van der Waals surface area contributed by atoms with E-state index >= 15 is 0 Å². The van der Waals surface area contributed by atoms with Gasteiger partial charge < -0.3 is 10.6 Å². The van der Waals surface area contributed by atoms with Crippen molar-refractivity contribution in [3.8, 4) is 0 Å². The van der Waals surface area contributed by atoms with Gasteiger partial charge in [0.05, 0.1) is 11.5 Å². The molecule has 2 aliphatic carbocycles. The fraction of sp³-hybridized carbons (Fsp3) is 0.562. The maximum Gasteiger partial charge on any atom is 0.315 e. The molecular weight excluding hydrogens is 319 g/mol. The Morgan fingerprint density at radius 1 is 1.30 bits per heavy atom. The van der Waals surface area contributed by atoms with Crippen LogP contribution in [0.5, 0.6) is 0 Å². The topological polar surface area (TPSA) is 75.3 Å². The van der Waals surface area contributed by atoms with E-state index in [9.17, 15) is 17.6 Å². The number of hydrogen-bond donors (Lipinski definition) is 2. The summed E-state index contributed by atoms with van der Waals surface area (Å²) < 4.78 is 35.3. The molecule has 2 amide bonds. The lowest BCUT2D eigenvalue weighted by molar-refractivity contribution is 0.239. The first-order valence-electron chi connectivity index (χ1n) is 7.96. The third kappa shape index (κ3) is 2.82. The van der Waals surface area contributed by atoms with Gasteiger partial charge in [-0.15, -0.1) is 0 Å². The lowest BCUT2D eigenvalue weighted by Gasteiger charge is -2.25. The smallest absolute Gasteiger partial charge is 0.315 e. The van der Waals surface area contributed by atoms with Crippen LogP contribution in [0, 0.1) is 17.7 Å². The average molecular weight is 338 g/mol. The van der Waals surface area contributed by atoms with E-state index in [0.717, 1.165) is 17.5 Å². The standard InChI is InChI=1S/C16H19FN2O3S/c17-11-1-2-12-10(5-11)6-13-14(12)15(13)19-16(20)18-4-3-9-7-23(21,22)8-9/h1-2,5,9,13-15H,3-4,6-8H2,(H2,18,19,20). The molecule has 3 aliphatic rings. The lowest BCUT2D eigenvalue weighted by atomic mass is 10.0. The van der Waals surface area contributed by atoms with Gasteiger partial charge in [0.2, 0.25) is 0 Å². The second-order valence-electron chi connectivity index (χ2n) is 6.89. The second-order valence-corrected chi connectivity index (χ2v) is 9.05. The minimum absolute atomic E-state index is 0.136. The molecule has 2 N–H and O–H groups in total. The zero-order valence-electron chi connectivity index (χ0n) is 12.6. The number of nitrogens with one attached hydrogen (secondary N) is 2. The molecule has 1 saturated carbocycles. The molecule has 0 radical (unpaired) electrons. The van der Waals surface area contributed by atoms with Crippen LogP contribution < -0.4 is 10.6 Å². The van der Waals surface area contributed by atoms with Gasteiger partial charge in [0.1, 0.15) is 5.82 Å². The van der Waals surface area contributed by atoms with Gasteiger partial charge in [0.15, 0.2) is 9.84 Å². The van der Waals surface area contributed by atoms with Gasteiger partial charge in [-0.2, -0.15) is 0 Å². The summed E-state index contributed by atoms with van der Waals surface area (Å²) in [6.45, 7) is 0.496. The van der Waals surface area contributed by atoms with Crippen LogP contribution in [0.3, 0.4) is 0 Å². The Labute approximate surface area is 134 Å². The highest BCUT2D eigenvalue weighted by atomic mass is 32.2. The van der Waals surface area contributed by atoms with E-state index < -0.39 is 9.84 Å². The van der Waals surface area contributed by atoms with Gasteiger partial charge in [-0.1, -0.05) is 6.07 Å². The SMILES string of the molecule is O=C(NCCC1CS(=O)(=O)C1)NC1C2Cc3cc(F)ccc3C21. The molecule has 0 bridgehead atoms. The maximum absolute atomic E-state index is 13.2. The monoisotopic (exact) mass is 338 g/mol. The lowest BCUT2D eigenvalue weighted by Crippen LogP contribution is -2.42. The molecular formula is C16H19FN2O3S. The summed E-state index contributed by atoms with van der Waals surface area (Å²) in [5.74, 6) is 1.17. The van der Waals surface area contributed by atoms with Crippen LogP contribution >= 0.6 is 0 Å². The predicted octanol–water partition coefficient (Wildman–Crippen LogP) is 1.20. The molecule has 4 rings (SSSR count). The quantitative estimate of drug-likeness (QED) is 0.866. The first-order valence-corrected chi connectivity index (χ1v) is 9.78. The molecule has 1 aromatic carbocycles. The van der Waals surface area contributed by atoms with Crippen molar-refractivity contribution in [2.45, 2.75) is 24.8 Å². The van der Waals surface area contributed by atoms with Crippen molar-refractivity contribution >= 4 is 15.9 Å². The van der Waals surface area contributed by atoms with E-state index in [0.29, 0.717) is 24.8 Å². The van der Waals surface area contributed by atoms with Crippen LogP contribution in [0.4, 0.5) is 9.18 Å². The van der Waals surface area contributed by atoms with Gasteiger partial charge in [0, 0.05) is 18.5 Å². The van der Waals surface area contributed by atoms with Crippen LogP contribution in [0.1, 0.15) is 23.5 Å². The summed E-state index contributed by atoms with van der Waals surface area (Å²) in [7, 11) is -2.79. The Balaban J connectivity index is 1.22. The number of urea groups is 1. The van der Waals surface area contributed by atoms with Gasteiger partial charge >= 0.3 is 6.03 Å². The molecule has 1 aliphatic heterocycles. The Bertz CT molecular complexity index is 753. The van der Waals surface area contributed by atoms with Crippen molar-refractivity contribution in [1.82, 2.24) is 10.6 Å². The molecule has 2 fully saturated rings. The van der Waals surface area contributed by atoms with Crippen molar-refractivity contribution in [3.05, 3.63) is 35.1 Å². The molecule has 23 heavy (non-hydrogen) atoms. The number of amides is 2. The van der Waals surface area contributed by atoms with E-state index in [1.807, 2.05) is 6.07 Å². The number of fused-ring (bicyclic) bond motifs is 3. The molecule has 0 spiro atoms. The molecule has 1 heterocycles. The first-order chi connectivity index (χ1) is 10.9. The average Bonchev–Trinajstić information content (AvgIpc) is 2.95. The zero-order valence-corrected chi connectivity index (χ0v) is 13.4. The normalized spacial score (nSPS) is 30.0. The van der Waals surface area contributed by atoms with Gasteiger partial charge in [-0.05, 0) is 47.9 Å². The van der Waals surface area contributed by atoms with Crippen molar-refractivity contribution < 1.29 is 17.6 Å². The summed E-state index contributed by atoms with van der Waals surface area (Å²) in [6.07, 6.45) is 1.52. The Morgan fingerprint density at radius 3 is 2.83 bits per heavy atom. The van der Waals surface area contributed by atoms with E-state index in [1.165, 1.54) is 6.07 Å². The number of benzene rings is 1. The molecule has 5 nitrogen and oxygen atoms in total. The largest absolute Gasteiger partial charge is 0.338 e. The molecule has 0 aromatic heterocycles. The van der Waals surface area contributed by atoms with Gasteiger partial charge in [-0.3, -0.25) is 0 Å². The van der Waals surface area contributed by atoms with Crippen molar-refractivity contribution in [1.29, 1.82) is 0 Å². The summed E-state index contributed by atoms with van der Waals surface area (Å²) in [5.41, 5.74) is 2.21. The summed E-state index contributed by atoms with van der Waals surface area (Å²) in [5, 5.41) is 5.77. The van der Waals surface area contributed by atoms with Crippen LogP contribution in [0.25, 0.3) is 0 Å². The molecule has 1 saturated heterocycles. The van der Waals surface area contributed by atoms with Crippen molar-refractivity contribution in [3.63, 3.8) is 0 Å². The minimum atomic E-state index is -2.79. The third-order valence-corrected chi connectivity index (χ3v) is 7.16. The van der Waals surface area contributed by atoms with Crippen molar-refractivity contribution in [2.24, 2.45) is 11.8 Å². The van der Waals surface area contributed by atoms with Crippen LogP contribution in [0.2, 0.25) is 0 Å². The molecule has 3 atom stereocenters. The van der Waals surface area contributed by atoms with Gasteiger partial charge in [-0.25, -0.2) is 17.6 Å². The number of rotatable bonds is 4. The highest BCUT2D eigenvalue weighted by molar-refractivity contribution is 7.92. The van der Waals surface area contributed by atoms with Crippen LogP contribution in [-0.4, -0.2) is 38.5 Å². The summed E-state index contributed by atoms with van der Waals surface area (Å²) in [6, 6.07) is 4.83. The first kappa shape index (κ1) is 14.9. The molecule has 124 valence electrons. The highest BCUT2D eigenvalue weighted by Crippen LogP contribution is 2.56. The second kappa shape index (κ2) is 5.19. The summed E-state index contributed by atoms with van der Waals surface area (Å²) in [4.78, 5) is 11.9. The van der Waals surface area contributed by atoms with E-state index in [1.54, 1.807) is 6.07 Å². The van der Waals surface area contributed by atoms with E-state index in [4.69, 9.17) is 0 Å². The highest BCUT2D eigenvalue weighted by Gasteiger charge is 2.56. The van der Waals surface area contributed by atoms with Crippen LogP contribution in [-0.2, 0) is 16.3 Å².